The lowest BCUT2D eigenvalue weighted by atomic mass is 10.1. The molecule has 3 N–H and O–H groups in total. The lowest BCUT2D eigenvalue weighted by molar-refractivity contribution is 0.102. The van der Waals surface area contributed by atoms with Crippen molar-refractivity contribution in [1.82, 2.24) is 0 Å². The second-order valence-electron chi connectivity index (χ2n) is 15.4. The van der Waals surface area contributed by atoms with Gasteiger partial charge in [0.2, 0.25) is 0 Å². The minimum absolute atomic E-state index is 0.0712. The molecule has 0 saturated heterocycles. The number of rotatable bonds is 13. The van der Waals surface area contributed by atoms with E-state index in [0.717, 1.165) is 62.0 Å². The molecule has 0 heterocycles. The summed E-state index contributed by atoms with van der Waals surface area (Å²) < 4.78 is 5.78. The van der Waals surface area contributed by atoms with Crippen LogP contribution in [0.3, 0.4) is 0 Å². The Morgan fingerprint density at radius 1 is 0.524 bits per heavy atom. The Morgan fingerprint density at radius 2 is 1.08 bits per heavy atom. The molecule has 11 nitrogen and oxygen atoms in total. The molecule has 8 rings (SSSR count). The van der Waals surface area contributed by atoms with Gasteiger partial charge >= 0.3 is 0 Å². The molecule has 63 heavy (non-hydrogen) atoms. The molecule has 0 unspecified atom stereocenters. The van der Waals surface area contributed by atoms with Gasteiger partial charge in [-0.1, -0.05) is 43.3 Å². The Bertz CT molecular complexity index is 3070. The second-order valence-corrected chi connectivity index (χ2v) is 15.4. The van der Waals surface area contributed by atoms with Crippen LogP contribution in [-0.2, 0) is 0 Å². The fourth-order valence-corrected chi connectivity index (χ4v) is 6.97. The molecule has 0 aliphatic carbocycles. The molecular weight excluding hydrogens is 785 g/mol. The van der Waals surface area contributed by atoms with Crippen LogP contribution in [0.25, 0.3) is 21.5 Å². The smallest absolute Gasteiger partial charge is 0.255 e. The Hall–Kier alpha value is -8.05. The first kappa shape index (κ1) is 41.7. The van der Waals surface area contributed by atoms with Gasteiger partial charge in [0.25, 0.3) is 5.91 Å². The number of hydrogen-bond acceptors (Lipinski definition) is 10. The van der Waals surface area contributed by atoms with E-state index < -0.39 is 0 Å². The highest BCUT2D eigenvalue weighted by molar-refractivity contribution is 6.05. The van der Waals surface area contributed by atoms with Crippen LogP contribution in [-0.4, -0.2) is 17.6 Å². The van der Waals surface area contributed by atoms with Crippen LogP contribution in [0.5, 0.6) is 11.5 Å². The summed E-state index contributed by atoms with van der Waals surface area (Å²) in [5.41, 5.74) is 10.4. The number of azo groups is 3. The zero-order valence-corrected chi connectivity index (χ0v) is 35.7. The maximum atomic E-state index is 13.1. The molecule has 0 aromatic heterocycles. The minimum atomic E-state index is -0.218. The van der Waals surface area contributed by atoms with E-state index in [-0.39, 0.29) is 11.7 Å². The number of benzene rings is 8. The van der Waals surface area contributed by atoms with Crippen molar-refractivity contribution in [3.63, 3.8) is 0 Å². The number of nitrogens with one attached hydrogen (secondary N) is 2. The second kappa shape index (κ2) is 18.7. The first-order valence-corrected chi connectivity index (χ1v) is 20.7. The van der Waals surface area contributed by atoms with Crippen molar-refractivity contribution in [2.45, 2.75) is 41.0 Å². The first-order chi connectivity index (χ1) is 30.6. The van der Waals surface area contributed by atoms with Gasteiger partial charge in [-0.15, -0.1) is 5.11 Å². The number of carbonyl (C=O) groups excluding carboxylic acids is 1. The van der Waals surface area contributed by atoms with Crippen molar-refractivity contribution < 1.29 is 14.6 Å². The summed E-state index contributed by atoms with van der Waals surface area (Å²) in [7, 11) is 0. The number of hydrogen-bond donors (Lipinski definition) is 3. The highest BCUT2D eigenvalue weighted by Crippen LogP contribution is 2.39. The van der Waals surface area contributed by atoms with Crippen molar-refractivity contribution in [3.05, 3.63) is 173 Å². The third-order valence-corrected chi connectivity index (χ3v) is 10.5. The predicted molar refractivity (Wildman–Crippen MR) is 254 cm³/mol. The van der Waals surface area contributed by atoms with Crippen molar-refractivity contribution >= 4 is 78.6 Å². The van der Waals surface area contributed by atoms with E-state index in [1.54, 1.807) is 30.3 Å². The molecule has 1 amide bonds. The molecule has 11 heteroatoms. The maximum absolute atomic E-state index is 13.1. The zero-order chi connectivity index (χ0) is 43.9. The van der Waals surface area contributed by atoms with Crippen LogP contribution in [0.2, 0.25) is 0 Å². The van der Waals surface area contributed by atoms with E-state index in [9.17, 15) is 9.90 Å². The molecule has 0 atom stereocenters. The number of aromatic hydroxyl groups is 1. The average Bonchev–Trinajstić information content (AvgIpc) is 3.29. The molecule has 0 aliphatic rings. The van der Waals surface area contributed by atoms with Gasteiger partial charge in [0.1, 0.15) is 11.4 Å². The number of phenolic OH excluding ortho intramolecular Hbond substituents is 1. The SMILES string of the molecule is CCCOc1ccc2ccc(NC(=O)c3ccc(N=Nc4cc(C)c(N=Nc5cc(C)c(N=Nc6ccc7cc(Nc8ccccc8)ccc7c6O)cc5C)cc4C)cc3)cc2c1. The van der Waals surface area contributed by atoms with E-state index in [2.05, 4.69) is 48.2 Å². The molecule has 0 aliphatic heterocycles. The largest absolute Gasteiger partial charge is 0.505 e. The Kier molecular flexibility index (Phi) is 12.4. The van der Waals surface area contributed by atoms with Gasteiger partial charge in [0.15, 0.2) is 5.75 Å². The van der Waals surface area contributed by atoms with Gasteiger partial charge in [-0.3, -0.25) is 4.79 Å². The van der Waals surface area contributed by atoms with Gasteiger partial charge in [-0.25, -0.2) is 0 Å². The van der Waals surface area contributed by atoms with E-state index >= 15 is 0 Å². The molecule has 0 radical (unpaired) electrons. The number of fused-ring (bicyclic) bond motifs is 2. The average molecular weight is 831 g/mol. The van der Waals surface area contributed by atoms with E-state index in [0.29, 0.717) is 57.4 Å². The fourth-order valence-electron chi connectivity index (χ4n) is 6.97. The minimum Gasteiger partial charge on any atom is -0.505 e. The monoisotopic (exact) mass is 830 g/mol. The number of carbonyl (C=O) groups is 1. The van der Waals surface area contributed by atoms with E-state index in [1.807, 2.05) is 143 Å². The van der Waals surface area contributed by atoms with Crippen LogP contribution in [0.15, 0.2) is 176 Å². The van der Waals surface area contributed by atoms with Gasteiger partial charge in [-0.2, -0.15) is 25.6 Å². The number of anilines is 3. The summed E-state index contributed by atoms with van der Waals surface area (Å²) in [6, 6.07) is 45.9. The number of nitrogens with zero attached hydrogens (tertiary/aromatic N) is 6. The number of phenols is 1. The summed E-state index contributed by atoms with van der Waals surface area (Å²) in [5.74, 6) is 0.661. The van der Waals surface area contributed by atoms with Crippen LogP contribution in [0.1, 0.15) is 46.0 Å². The highest BCUT2D eigenvalue weighted by atomic mass is 16.5. The van der Waals surface area contributed by atoms with Gasteiger partial charge in [0, 0.05) is 28.0 Å². The van der Waals surface area contributed by atoms with Gasteiger partial charge in [-0.05, 0) is 182 Å². The summed E-state index contributed by atoms with van der Waals surface area (Å²) in [4.78, 5) is 13.1. The van der Waals surface area contributed by atoms with E-state index in [4.69, 9.17) is 4.74 Å². The highest BCUT2D eigenvalue weighted by Gasteiger charge is 2.11. The zero-order valence-electron chi connectivity index (χ0n) is 35.7. The Balaban J connectivity index is 0.896. The topological polar surface area (TPSA) is 145 Å². The predicted octanol–water partition coefficient (Wildman–Crippen LogP) is 16.0. The molecule has 0 fully saturated rings. The molecule has 0 saturated carbocycles. The molecule has 0 spiro atoms. The molecule has 8 aromatic rings. The molecule has 312 valence electrons. The third kappa shape index (κ3) is 9.95. The number of para-hydroxylation sites is 1. The van der Waals surface area contributed by atoms with Crippen molar-refractivity contribution in [1.29, 1.82) is 0 Å². The Morgan fingerprint density at radius 3 is 1.71 bits per heavy atom. The molecule has 0 bridgehead atoms. The standard InChI is InChI=1S/C52H46N8O3/c1-6-24-63-44-21-15-36-12-19-43(30-39(36)31-44)54-52(62)37-13-17-41(18-14-37)55-57-47-25-33(3)49(26-32(47)2)59-60-50-28-34(4)48(27-35(50)5)58-56-46-23-16-38-29-42(20-22-45(38)51(46)61)53-40-10-8-7-9-11-40/h7-23,25-31,53,61H,6,24H2,1-5H3,(H,54,62). The summed E-state index contributed by atoms with van der Waals surface area (Å²) in [6.07, 6.45) is 0.934. The van der Waals surface area contributed by atoms with Crippen LogP contribution >= 0.6 is 0 Å². The Labute approximate surface area is 366 Å². The molecular formula is C52H46N8O3. The quantitative estimate of drug-likeness (QED) is 0.0993. The maximum Gasteiger partial charge on any atom is 0.255 e. The lowest BCUT2D eigenvalue weighted by Gasteiger charge is -2.09. The summed E-state index contributed by atoms with van der Waals surface area (Å²) in [6.45, 7) is 10.5. The van der Waals surface area contributed by atoms with Crippen molar-refractivity contribution in [2.24, 2.45) is 30.7 Å². The normalized spacial score (nSPS) is 11.6. The van der Waals surface area contributed by atoms with Crippen molar-refractivity contribution in [3.8, 4) is 11.5 Å². The fraction of sp³-hybridized carbons (Fsp3) is 0.135. The number of aryl methyl sites for hydroxylation is 4. The summed E-state index contributed by atoms with van der Waals surface area (Å²) >= 11 is 0. The third-order valence-electron chi connectivity index (χ3n) is 10.5. The van der Waals surface area contributed by atoms with Crippen LogP contribution in [0.4, 0.5) is 51.2 Å². The number of amides is 1. The summed E-state index contributed by atoms with van der Waals surface area (Å²) in [5, 5.41) is 48.1. The van der Waals surface area contributed by atoms with Crippen LogP contribution in [0, 0.1) is 27.7 Å². The number of ether oxygens (including phenoxy) is 1. The van der Waals surface area contributed by atoms with Gasteiger partial charge < -0.3 is 20.5 Å². The van der Waals surface area contributed by atoms with E-state index in [1.165, 1.54) is 0 Å². The van der Waals surface area contributed by atoms with Crippen molar-refractivity contribution in [2.75, 3.05) is 17.2 Å². The van der Waals surface area contributed by atoms with Gasteiger partial charge in [0.05, 0.1) is 35.0 Å². The van der Waals surface area contributed by atoms with Crippen LogP contribution < -0.4 is 15.4 Å². The first-order valence-electron chi connectivity index (χ1n) is 20.7. The molecule has 8 aromatic carbocycles. The lowest BCUT2D eigenvalue weighted by Crippen LogP contribution is -2.11.